The van der Waals surface area contributed by atoms with Crippen molar-refractivity contribution in [3.8, 4) is 5.75 Å². The van der Waals surface area contributed by atoms with Crippen molar-refractivity contribution in [2.24, 2.45) is 0 Å². The van der Waals surface area contributed by atoms with E-state index in [9.17, 15) is 14.9 Å². The number of hydrogen-bond donors (Lipinski definition) is 0. The number of carbonyl (C=O) groups excluding carboxylic acids is 1. The molecule has 0 saturated carbocycles. The van der Waals surface area contributed by atoms with E-state index in [0.717, 1.165) is 28.0 Å². The number of rotatable bonds is 10. The first-order valence-corrected chi connectivity index (χ1v) is 12.8. The number of thiazole rings is 1. The quantitative estimate of drug-likeness (QED) is 0.203. The molecule has 4 aromatic rings. The Balaban J connectivity index is 1.73. The lowest BCUT2D eigenvalue weighted by Crippen LogP contribution is -2.38. The van der Waals surface area contributed by atoms with E-state index in [4.69, 9.17) is 9.72 Å². The fourth-order valence-electron chi connectivity index (χ4n) is 3.75. The van der Waals surface area contributed by atoms with E-state index < -0.39 is 4.92 Å². The molecular formula is C24H26N4O4S2. The average molecular weight is 499 g/mol. The third-order valence-corrected chi connectivity index (χ3v) is 7.75. The number of benzene rings is 2. The number of nitro groups is 1. The average Bonchev–Trinajstić information content (AvgIpc) is 3.46. The van der Waals surface area contributed by atoms with Gasteiger partial charge in [-0.05, 0) is 44.3 Å². The third-order valence-electron chi connectivity index (χ3n) is 5.60. The first kappa shape index (κ1) is 24.1. The minimum absolute atomic E-state index is 0.0114. The molecule has 0 radical (unpaired) electrons. The highest BCUT2D eigenvalue weighted by molar-refractivity contribution is 7.23. The lowest BCUT2D eigenvalue weighted by atomic mass is 10.2. The summed E-state index contributed by atoms with van der Waals surface area (Å²) in [5.74, 6) is 0.542. The summed E-state index contributed by atoms with van der Waals surface area (Å²) in [6.07, 6.45) is 0. The number of non-ortho nitro benzene ring substituents is 1. The van der Waals surface area contributed by atoms with Gasteiger partial charge in [-0.2, -0.15) is 0 Å². The number of nitrogens with zero attached hydrogens (tertiary/aromatic N) is 4. The van der Waals surface area contributed by atoms with Crippen LogP contribution in [0.5, 0.6) is 5.75 Å². The number of para-hydroxylation sites is 1. The predicted molar refractivity (Wildman–Crippen MR) is 139 cm³/mol. The van der Waals surface area contributed by atoms with Gasteiger partial charge in [0, 0.05) is 35.3 Å². The summed E-state index contributed by atoms with van der Waals surface area (Å²) in [7, 11) is 0. The number of fused-ring (bicyclic) bond motifs is 2. The molecule has 0 saturated heterocycles. The van der Waals surface area contributed by atoms with Crippen molar-refractivity contribution < 1.29 is 14.5 Å². The molecule has 4 rings (SSSR count). The van der Waals surface area contributed by atoms with Gasteiger partial charge in [-0.1, -0.05) is 31.3 Å². The SMILES string of the molecule is CCOc1cccc2sc(N(CCN(CC)CC)C(=O)c3cc4cc([N+](=O)[O-])ccc4s3)nc12. The Morgan fingerprint density at radius 2 is 1.85 bits per heavy atom. The van der Waals surface area contributed by atoms with Gasteiger partial charge in [0.1, 0.15) is 11.3 Å². The maximum absolute atomic E-state index is 13.7. The van der Waals surface area contributed by atoms with Crippen LogP contribution < -0.4 is 9.64 Å². The Kier molecular flexibility index (Phi) is 7.40. The molecule has 1 amide bonds. The topological polar surface area (TPSA) is 88.8 Å². The van der Waals surface area contributed by atoms with E-state index in [1.54, 1.807) is 17.0 Å². The van der Waals surface area contributed by atoms with Gasteiger partial charge < -0.3 is 9.64 Å². The fraction of sp³-hybridized carbons (Fsp3) is 0.333. The predicted octanol–water partition coefficient (Wildman–Crippen LogP) is 5.81. The van der Waals surface area contributed by atoms with E-state index in [-0.39, 0.29) is 11.6 Å². The molecule has 0 aliphatic rings. The number of carbonyl (C=O) groups is 1. The number of aromatic nitrogens is 1. The highest BCUT2D eigenvalue weighted by Crippen LogP contribution is 2.36. The van der Waals surface area contributed by atoms with Crippen LogP contribution in [0.2, 0.25) is 0 Å². The van der Waals surface area contributed by atoms with Crippen LogP contribution in [-0.2, 0) is 0 Å². The van der Waals surface area contributed by atoms with Crippen LogP contribution >= 0.6 is 22.7 Å². The second kappa shape index (κ2) is 10.5. The number of likely N-dealkylation sites (N-methyl/N-ethyl adjacent to an activating group) is 1. The molecule has 0 N–H and O–H groups in total. The Morgan fingerprint density at radius 3 is 2.56 bits per heavy atom. The summed E-state index contributed by atoms with van der Waals surface area (Å²) in [4.78, 5) is 33.8. The number of anilines is 1. The molecule has 178 valence electrons. The first-order chi connectivity index (χ1) is 16.4. The zero-order valence-electron chi connectivity index (χ0n) is 19.3. The van der Waals surface area contributed by atoms with Crippen LogP contribution in [0.4, 0.5) is 10.8 Å². The van der Waals surface area contributed by atoms with Crippen LogP contribution in [0.3, 0.4) is 0 Å². The van der Waals surface area contributed by atoms with Gasteiger partial charge in [-0.25, -0.2) is 4.98 Å². The van der Waals surface area contributed by atoms with Gasteiger partial charge in [0.05, 0.1) is 21.1 Å². The molecular weight excluding hydrogens is 472 g/mol. The number of thiophene rings is 1. The lowest BCUT2D eigenvalue weighted by molar-refractivity contribution is -0.384. The Morgan fingerprint density at radius 1 is 1.06 bits per heavy atom. The van der Waals surface area contributed by atoms with Gasteiger partial charge in [-0.15, -0.1) is 11.3 Å². The number of amides is 1. The Bertz CT molecular complexity index is 1330. The molecule has 0 fully saturated rings. The van der Waals surface area contributed by atoms with Crippen molar-refractivity contribution in [3.63, 3.8) is 0 Å². The highest BCUT2D eigenvalue weighted by Gasteiger charge is 2.25. The minimum Gasteiger partial charge on any atom is -0.492 e. The monoisotopic (exact) mass is 498 g/mol. The molecule has 2 aromatic heterocycles. The first-order valence-electron chi connectivity index (χ1n) is 11.2. The van der Waals surface area contributed by atoms with Gasteiger partial charge in [-0.3, -0.25) is 19.8 Å². The fourth-order valence-corrected chi connectivity index (χ4v) is 5.75. The van der Waals surface area contributed by atoms with Gasteiger partial charge in [0.15, 0.2) is 5.13 Å². The van der Waals surface area contributed by atoms with Crippen molar-refractivity contribution in [2.45, 2.75) is 20.8 Å². The molecule has 0 aliphatic carbocycles. The summed E-state index contributed by atoms with van der Waals surface area (Å²) >= 11 is 2.80. The van der Waals surface area contributed by atoms with Crippen LogP contribution in [0.15, 0.2) is 42.5 Å². The second-order valence-corrected chi connectivity index (χ2v) is 9.70. The lowest BCUT2D eigenvalue weighted by Gasteiger charge is -2.24. The van der Waals surface area contributed by atoms with Crippen LogP contribution in [0.25, 0.3) is 20.3 Å². The van der Waals surface area contributed by atoms with E-state index in [2.05, 4.69) is 18.7 Å². The Labute approximate surface area is 205 Å². The number of nitro benzene ring substituents is 1. The van der Waals surface area contributed by atoms with Gasteiger partial charge in [0.2, 0.25) is 0 Å². The molecule has 0 unspecified atom stereocenters. The van der Waals surface area contributed by atoms with Crippen LogP contribution in [0, 0.1) is 10.1 Å². The minimum atomic E-state index is -0.425. The second-order valence-electron chi connectivity index (χ2n) is 7.61. The Hall–Kier alpha value is -3.08. The summed E-state index contributed by atoms with van der Waals surface area (Å²) in [5, 5.41) is 12.5. The normalized spacial score (nSPS) is 11.4. The molecule has 2 heterocycles. The van der Waals surface area contributed by atoms with E-state index >= 15 is 0 Å². The van der Waals surface area contributed by atoms with Crippen molar-refractivity contribution >= 4 is 59.7 Å². The van der Waals surface area contributed by atoms with Crippen LogP contribution in [-0.4, -0.2) is 53.5 Å². The molecule has 0 aliphatic heterocycles. The molecule has 10 heteroatoms. The maximum atomic E-state index is 13.7. The van der Waals surface area contributed by atoms with Crippen molar-refractivity contribution in [3.05, 3.63) is 57.5 Å². The van der Waals surface area contributed by atoms with Crippen molar-refractivity contribution in [2.75, 3.05) is 37.7 Å². The molecule has 8 nitrogen and oxygen atoms in total. The standard InChI is InChI=1S/C24H26N4O4S2/c1-4-26(5-2)12-13-27(24-25-22-18(32-6-3)8-7-9-20(22)34-24)23(29)21-15-16-14-17(28(30)31)10-11-19(16)33-21/h7-11,14-15H,4-6,12-13H2,1-3H3. The summed E-state index contributed by atoms with van der Waals surface area (Å²) in [6.45, 7) is 9.63. The largest absolute Gasteiger partial charge is 0.492 e. The summed E-state index contributed by atoms with van der Waals surface area (Å²) < 4.78 is 7.53. The molecule has 0 spiro atoms. The van der Waals surface area contributed by atoms with E-state index in [1.807, 2.05) is 25.1 Å². The third kappa shape index (κ3) is 4.89. The van der Waals surface area contributed by atoms with Crippen molar-refractivity contribution in [1.29, 1.82) is 0 Å². The highest BCUT2D eigenvalue weighted by atomic mass is 32.1. The van der Waals surface area contributed by atoms with Gasteiger partial charge in [0.25, 0.3) is 11.6 Å². The van der Waals surface area contributed by atoms with E-state index in [0.29, 0.717) is 40.8 Å². The zero-order valence-corrected chi connectivity index (χ0v) is 20.9. The number of ether oxygens (including phenoxy) is 1. The van der Waals surface area contributed by atoms with Crippen LogP contribution in [0.1, 0.15) is 30.4 Å². The zero-order chi connectivity index (χ0) is 24.2. The van der Waals surface area contributed by atoms with Gasteiger partial charge >= 0.3 is 0 Å². The number of hydrogen-bond acceptors (Lipinski definition) is 8. The smallest absolute Gasteiger partial charge is 0.270 e. The summed E-state index contributed by atoms with van der Waals surface area (Å²) in [6, 6.07) is 12.2. The molecule has 0 atom stereocenters. The van der Waals surface area contributed by atoms with Crippen molar-refractivity contribution in [1.82, 2.24) is 9.88 Å². The molecule has 2 aromatic carbocycles. The molecule has 34 heavy (non-hydrogen) atoms. The maximum Gasteiger partial charge on any atom is 0.270 e. The van der Waals surface area contributed by atoms with E-state index in [1.165, 1.54) is 34.8 Å². The summed E-state index contributed by atoms with van der Waals surface area (Å²) in [5.41, 5.74) is 0.759. The molecule has 0 bridgehead atoms.